The largest absolute Gasteiger partial charge is 0.383 e. The van der Waals surface area contributed by atoms with Crippen molar-refractivity contribution in [3.63, 3.8) is 0 Å². The van der Waals surface area contributed by atoms with E-state index in [0.29, 0.717) is 50.0 Å². The van der Waals surface area contributed by atoms with Gasteiger partial charge in [-0.05, 0) is 17.7 Å². The lowest BCUT2D eigenvalue weighted by Crippen LogP contribution is -2.40. The Morgan fingerprint density at radius 3 is 2.79 bits per heavy atom. The van der Waals surface area contributed by atoms with Gasteiger partial charge in [0.15, 0.2) is 0 Å². The number of nitrogens with zero attached hydrogens (tertiary/aromatic N) is 2. The van der Waals surface area contributed by atoms with Gasteiger partial charge in [0.05, 0.1) is 35.9 Å². The molecule has 2 N–H and O–H groups in total. The Balaban J connectivity index is 1.65. The van der Waals surface area contributed by atoms with Gasteiger partial charge in [-0.15, -0.1) is 0 Å². The van der Waals surface area contributed by atoms with E-state index in [2.05, 4.69) is 15.3 Å². The molecule has 4 rings (SSSR count). The van der Waals surface area contributed by atoms with E-state index in [0.717, 1.165) is 27.8 Å². The number of carbonyl (C=O) groups excluding carboxylic acids is 1. The van der Waals surface area contributed by atoms with Gasteiger partial charge >= 0.3 is 0 Å². The smallest absolute Gasteiger partial charge is 0.254 e. The van der Waals surface area contributed by atoms with E-state index in [1.807, 2.05) is 35.4 Å². The SMILES string of the molecule is COCCNc1c(-c2ccc(C(=O)N3CCOCC3)cc2)cnc2[nH]cc(Cl)c12. The van der Waals surface area contributed by atoms with Gasteiger partial charge < -0.3 is 24.7 Å². The van der Waals surface area contributed by atoms with E-state index in [1.165, 1.54) is 0 Å². The number of halogens is 1. The van der Waals surface area contributed by atoms with Crippen molar-refractivity contribution in [3.8, 4) is 11.1 Å². The number of aromatic amines is 1. The average molecular weight is 415 g/mol. The highest BCUT2D eigenvalue weighted by atomic mass is 35.5. The Kier molecular flexibility index (Phi) is 5.99. The zero-order valence-corrected chi connectivity index (χ0v) is 17.0. The first kappa shape index (κ1) is 19.7. The number of aromatic nitrogens is 2. The van der Waals surface area contributed by atoms with Crippen LogP contribution in [0.25, 0.3) is 22.2 Å². The minimum absolute atomic E-state index is 0.0283. The van der Waals surface area contributed by atoms with E-state index < -0.39 is 0 Å². The second-order valence-electron chi connectivity index (χ2n) is 6.81. The molecule has 0 atom stereocenters. The van der Waals surface area contributed by atoms with Gasteiger partial charge in [-0.3, -0.25) is 4.79 Å². The van der Waals surface area contributed by atoms with Crippen LogP contribution in [0.15, 0.2) is 36.7 Å². The molecule has 0 bridgehead atoms. The maximum atomic E-state index is 12.7. The number of ether oxygens (including phenoxy) is 2. The third-order valence-electron chi connectivity index (χ3n) is 5.00. The average Bonchev–Trinajstić information content (AvgIpc) is 3.15. The van der Waals surface area contributed by atoms with E-state index >= 15 is 0 Å². The van der Waals surface area contributed by atoms with E-state index in [4.69, 9.17) is 21.1 Å². The molecule has 0 saturated carbocycles. The number of fused-ring (bicyclic) bond motifs is 1. The number of hydrogen-bond acceptors (Lipinski definition) is 5. The van der Waals surface area contributed by atoms with Crippen molar-refractivity contribution >= 4 is 34.2 Å². The number of anilines is 1. The Hall–Kier alpha value is -2.61. The summed E-state index contributed by atoms with van der Waals surface area (Å²) < 4.78 is 10.5. The van der Waals surface area contributed by atoms with Crippen LogP contribution in [0.4, 0.5) is 5.69 Å². The first-order chi connectivity index (χ1) is 14.2. The molecule has 2 aromatic heterocycles. The molecule has 0 spiro atoms. The maximum Gasteiger partial charge on any atom is 0.254 e. The van der Waals surface area contributed by atoms with Crippen LogP contribution in [-0.2, 0) is 9.47 Å². The molecule has 1 saturated heterocycles. The lowest BCUT2D eigenvalue weighted by molar-refractivity contribution is 0.0303. The molecule has 1 fully saturated rings. The van der Waals surface area contributed by atoms with Crippen molar-refractivity contribution in [2.24, 2.45) is 0 Å². The highest BCUT2D eigenvalue weighted by Gasteiger charge is 2.19. The van der Waals surface area contributed by atoms with E-state index in [1.54, 1.807) is 13.3 Å². The van der Waals surface area contributed by atoms with Crippen LogP contribution in [0.1, 0.15) is 10.4 Å². The lowest BCUT2D eigenvalue weighted by Gasteiger charge is -2.26. The molecule has 152 valence electrons. The molecule has 29 heavy (non-hydrogen) atoms. The molecule has 3 heterocycles. The quantitative estimate of drug-likeness (QED) is 0.604. The molecule has 8 heteroatoms. The molecule has 0 aliphatic carbocycles. The fraction of sp³-hybridized carbons (Fsp3) is 0.333. The summed E-state index contributed by atoms with van der Waals surface area (Å²) in [6.45, 7) is 3.63. The van der Waals surface area contributed by atoms with Crippen LogP contribution in [0, 0.1) is 0 Å². The van der Waals surface area contributed by atoms with Crippen LogP contribution in [0.3, 0.4) is 0 Å². The summed E-state index contributed by atoms with van der Waals surface area (Å²) in [5.74, 6) is 0.0283. The van der Waals surface area contributed by atoms with Crippen LogP contribution in [-0.4, -0.2) is 67.3 Å². The summed E-state index contributed by atoms with van der Waals surface area (Å²) >= 11 is 6.40. The summed E-state index contributed by atoms with van der Waals surface area (Å²) in [4.78, 5) is 22.1. The van der Waals surface area contributed by atoms with Gasteiger partial charge in [0, 0.05) is 50.3 Å². The van der Waals surface area contributed by atoms with Crippen LogP contribution in [0.5, 0.6) is 0 Å². The van der Waals surface area contributed by atoms with Crippen molar-refractivity contribution in [2.45, 2.75) is 0 Å². The molecule has 0 unspecified atom stereocenters. The molecule has 1 aliphatic rings. The molecule has 1 amide bonds. The summed E-state index contributed by atoms with van der Waals surface area (Å²) in [5, 5.41) is 4.86. The fourth-order valence-electron chi connectivity index (χ4n) is 3.48. The van der Waals surface area contributed by atoms with Crippen molar-refractivity contribution in [1.82, 2.24) is 14.9 Å². The van der Waals surface area contributed by atoms with Crippen molar-refractivity contribution in [2.75, 3.05) is 51.9 Å². The van der Waals surface area contributed by atoms with Crippen LogP contribution < -0.4 is 5.32 Å². The predicted octanol–water partition coefficient (Wildman–Crippen LogP) is 3.41. The first-order valence-electron chi connectivity index (χ1n) is 9.55. The van der Waals surface area contributed by atoms with Gasteiger partial charge in [0.1, 0.15) is 5.65 Å². The highest BCUT2D eigenvalue weighted by Crippen LogP contribution is 2.37. The van der Waals surface area contributed by atoms with Gasteiger partial charge in [0.25, 0.3) is 5.91 Å². The number of morpholine rings is 1. The normalized spacial score (nSPS) is 14.3. The molecular weight excluding hydrogens is 392 g/mol. The van der Waals surface area contributed by atoms with Gasteiger partial charge in [-0.2, -0.15) is 0 Å². The van der Waals surface area contributed by atoms with Crippen molar-refractivity contribution in [1.29, 1.82) is 0 Å². The molecule has 0 radical (unpaired) electrons. The van der Waals surface area contributed by atoms with Gasteiger partial charge in [-0.25, -0.2) is 4.98 Å². The maximum absolute atomic E-state index is 12.7. The molecule has 7 nitrogen and oxygen atoms in total. The predicted molar refractivity (Wildman–Crippen MR) is 114 cm³/mol. The number of carbonyl (C=O) groups is 1. The Morgan fingerprint density at radius 1 is 1.31 bits per heavy atom. The highest BCUT2D eigenvalue weighted by molar-refractivity contribution is 6.36. The third-order valence-corrected chi connectivity index (χ3v) is 5.30. The molecule has 1 aliphatic heterocycles. The van der Waals surface area contributed by atoms with E-state index in [9.17, 15) is 4.79 Å². The Morgan fingerprint density at radius 2 is 2.07 bits per heavy atom. The molecule has 3 aromatic rings. The first-order valence-corrected chi connectivity index (χ1v) is 9.92. The van der Waals surface area contributed by atoms with Crippen molar-refractivity contribution < 1.29 is 14.3 Å². The summed E-state index contributed by atoms with van der Waals surface area (Å²) in [6, 6.07) is 7.60. The number of hydrogen-bond donors (Lipinski definition) is 2. The number of nitrogens with one attached hydrogen (secondary N) is 2. The number of pyridine rings is 1. The Labute approximate surface area is 174 Å². The van der Waals surface area contributed by atoms with Crippen molar-refractivity contribution in [3.05, 3.63) is 47.2 Å². The van der Waals surface area contributed by atoms with Crippen LogP contribution in [0.2, 0.25) is 5.02 Å². The summed E-state index contributed by atoms with van der Waals surface area (Å²) in [7, 11) is 1.66. The standard InChI is InChI=1S/C21H23ClN4O3/c1-28-9-6-23-19-16(12-24-20-18(19)17(22)13-25-20)14-2-4-15(5-3-14)21(27)26-7-10-29-11-8-26/h2-5,12-13H,6-11H2,1H3,(H2,23,24,25). The Bertz CT molecular complexity index is 997. The van der Waals surface area contributed by atoms with Crippen LogP contribution >= 0.6 is 11.6 Å². The number of H-pyrrole nitrogens is 1. The molecular formula is C21H23ClN4O3. The zero-order valence-electron chi connectivity index (χ0n) is 16.2. The zero-order chi connectivity index (χ0) is 20.2. The minimum Gasteiger partial charge on any atom is -0.383 e. The number of amides is 1. The summed E-state index contributed by atoms with van der Waals surface area (Å²) in [5.41, 5.74) is 4.15. The third kappa shape index (κ3) is 4.07. The second-order valence-corrected chi connectivity index (χ2v) is 7.22. The number of rotatable bonds is 6. The number of methoxy groups -OCH3 is 1. The molecule has 1 aromatic carbocycles. The monoisotopic (exact) mass is 414 g/mol. The van der Waals surface area contributed by atoms with Gasteiger partial charge in [0.2, 0.25) is 0 Å². The number of benzene rings is 1. The lowest BCUT2D eigenvalue weighted by atomic mass is 10.0. The second kappa shape index (κ2) is 8.82. The van der Waals surface area contributed by atoms with Gasteiger partial charge in [-0.1, -0.05) is 23.7 Å². The minimum atomic E-state index is 0.0283. The fourth-order valence-corrected chi connectivity index (χ4v) is 3.72. The van der Waals surface area contributed by atoms with E-state index in [-0.39, 0.29) is 5.91 Å². The topological polar surface area (TPSA) is 79.5 Å². The summed E-state index contributed by atoms with van der Waals surface area (Å²) in [6.07, 6.45) is 3.54.